The Hall–Kier alpha value is -2.81. The molecule has 2 unspecified atom stereocenters. The summed E-state index contributed by atoms with van der Waals surface area (Å²) in [4.78, 5) is 30.4. The molecule has 0 N–H and O–H groups in total. The van der Waals surface area contributed by atoms with Crippen LogP contribution < -0.4 is 4.90 Å². The Morgan fingerprint density at radius 2 is 2.07 bits per heavy atom. The van der Waals surface area contributed by atoms with Crippen molar-refractivity contribution in [2.75, 3.05) is 38.6 Å². The molecule has 1 saturated heterocycles. The summed E-state index contributed by atoms with van der Waals surface area (Å²) in [5.41, 5.74) is 2.30. The van der Waals surface area contributed by atoms with Gasteiger partial charge in [0.15, 0.2) is 5.69 Å². The highest BCUT2D eigenvalue weighted by atomic mass is 19.1. The van der Waals surface area contributed by atoms with Gasteiger partial charge in [-0.25, -0.2) is 9.07 Å². The van der Waals surface area contributed by atoms with Crippen LogP contribution in [0.2, 0.25) is 0 Å². The SMILES string of the molecule is CN(C)CC(=O)N1CC(F)CC1Cn1cc(C(=O)N2CCc3ccccc32)nn1. The van der Waals surface area contributed by atoms with E-state index in [1.807, 2.05) is 38.4 Å². The molecule has 0 saturated carbocycles. The molecule has 0 radical (unpaired) electrons. The Kier molecular flexibility index (Phi) is 5.31. The van der Waals surface area contributed by atoms with E-state index >= 15 is 0 Å². The second-order valence-corrected chi connectivity index (χ2v) is 7.93. The highest BCUT2D eigenvalue weighted by Crippen LogP contribution is 2.28. The van der Waals surface area contributed by atoms with E-state index in [-0.39, 0.29) is 43.1 Å². The minimum absolute atomic E-state index is 0.0996. The van der Waals surface area contributed by atoms with Crippen molar-refractivity contribution < 1.29 is 14.0 Å². The third-order valence-electron chi connectivity index (χ3n) is 5.42. The maximum atomic E-state index is 14.0. The number of hydrogen-bond acceptors (Lipinski definition) is 5. The van der Waals surface area contributed by atoms with Crippen LogP contribution in [0, 0.1) is 0 Å². The molecule has 1 aromatic carbocycles. The fourth-order valence-electron chi connectivity index (χ4n) is 4.09. The number of fused-ring (bicyclic) bond motifs is 1. The van der Waals surface area contributed by atoms with Crippen LogP contribution in [0.4, 0.5) is 10.1 Å². The van der Waals surface area contributed by atoms with Crippen LogP contribution in [-0.2, 0) is 17.8 Å². The van der Waals surface area contributed by atoms with Gasteiger partial charge in [-0.05, 0) is 32.1 Å². The zero-order valence-electron chi connectivity index (χ0n) is 16.7. The topological polar surface area (TPSA) is 74.6 Å². The van der Waals surface area contributed by atoms with Crippen LogP contribution in [0.1, 0.15) is 22.5 Å². The number of nitrogens with zero attached hydrogens (tertiary/aromatic N) is 6. The number of para-hydroxylation sites is 1. The summed E-state index contributed by atoms with van der Waals surface area (Å²) >= 11 is 0. The van der Waals surface area contributed by atoms with Gasteiger partial charge in [0.1, 0.15) is 6.17 Å². The first kappa shape index (κ1) is 19.5. The summed E-state index contributed by atoms with van der Waals surface area (Å²) in [6, 6.07) is 7.53. The summed E-state index contributed by atoms with van der Waals surface area (Å²) in [7, 11) is 3.61. The quantitative estimate of drug-likeness (QED) is 0.748. The molecule has 2 aliphatic rings. The number of likely N-dealkylation sites (tertiary alicyclic amines) is 1. The molecule has 4 rings (SSSR count). The van der Waals surface area contributed by atoms with Crippen LogP contribution in [-0.4, -0.2) is 82.6 Å². The fraction of sp³-hybridized carbons (Fsp3) is 0.500. The molecule has 2 atom stereocenters. The number of benzene rings is 1. The number of hydrogen-bond donors (Lipinski definition) is 0. The molecule has 3 heterocycles. The average molecular weight is 400 g/mol. The molecule has 154 valence electrons. The molecule has 2 amide bonds. The third kappa shape index (κ3) is 4.00. The number of amides is 2. The average Bonchev–Trinajstić information content (AvgIpc) is 3.39. The second-order valence-electron chi connectivity index (χ2n) is 7.93. The number of aromatic nitrogens is 3. The molecular weight excluding hydrogens is 375 g/mol. The number of rotatable bonds is 5. The maximum absolute atomic E-state index is 14.0. The molecule has 0 bridgehead atoms. The summed E-state index contributed by atoms with van der Waals surface area (Å²) in [5, 5.41) is 8.09. The number of anilines is 1. The van der Waals surface area contributed by atoms with Gasteiger partial charge < -0.3 is 14.7 Å². The number of carbonyl (C=O) groups is 2. The third-order valence-corrected chi connectivity index (χ3v) is 5.42. The Morgan fingerprint density at radius 1 is 1.28 bits per heavy atom. The normalized spacial score (nSPS) is 21.1. The number of alkyl halides is 1. The Bertz CT molecular complexity index is 914. The lowest BCUT2D eigenvalue weighted by Gasteiger charge is -2.25. The van der Waals surface area contributed by atoms with Gasteiger partial charge in [-0.15, -0.1) is 5.10 Å². The molecule has 8 nitrogen and oxygen atoms in total. The van der Waals surface area contributed by atoms with Crippen molar-refractivity contribution in [1.82, 2.24) is 24.8 Å². The van der Waals surface area contributed by atoms with E-state index in [9.17, 15) is 14.0 Å². The fourth-order valence-corrected chi connectivity index (χ4v) is 4.09. The minimum Gasteiger partial charge on any atom is -0.334 e. The summed E-state index contributed by atoms with van der Waals surface area (Å²) in [5.74, 6) is -0.304. The molecule has 1 aromatic heterocycles. The smallest absolute Gasteiger partial charge is 0.280 e. The van der Waals surface area contributed by atoms with Crippen molar-refractivity contribution in [2.45, 2.75) is 31.6 Å². The van der Waals surface area contributed by atoms with E-state index in [1.165, 1.54) is 4.68 Å². The summed E-state index contributed by atoms with van der Waals surface area (Å²) < 4.78 is 15.5. The minimum atomic E-state index is -1.04. The van der Waals surface area contributed by atoms with Crippen LogP contribution >= 0.6 is 0 Å². The molecule has 0 aliphatic carbocycles. The number of likely N-dealkylation sites (N-methyl/N-ethyl adjacent to an activating group) is 1. The summed E-state index contributed by atoms with van der Waals surface area (Å²) in [6.07, 6.45) is 1.63. The van der Waals surface area contributed by atoms with Gasteiger partial charge >= 0.3 is 0 Å². The van der Waals surface area contributed by atoms with Crippen LogP contribution in [0.15, 0.2) is 30.5 Å². The molecule has 1 fully saturated rings. The van der Waals surface area contributed by atoms with Crippen molar-refractivity contribution in [3.05, 3.63) is 41.7 Å². The van der Waals surface area contributed by atoms with E-state index in [4.69, 9.17) is 0 Å². The standard InChI is InChI=1S/C20H25FN6O2/c1-24(2)13-19(28)27-10-15(21)9-16(27)11-25-12-17(22-23-25)20(29)26-8-7-14-5-3-4-6-18(14)26/h3-6,12,15-16H,7-11,13H2,1-2H3. The lowest BCUT2D eigenvalue weighted by Crippen LogP contribution is -2.42. The Balaban J connectivity index is 1.45. The number of halogens is 1. The van der Waals surface area contributed by atoms with Gasteiger partial charge in [0.05, 0.1) is 31.9 Å². The highest BCUT2D eigenvalue weighted by Gasteiger charge is 2.36. The van der Waals surface area contributed by atoms with E-state index < -0.39 is 6.17 Å². The van der Waals surface area contributed by atoms with Crippen molar-refractivity contribution in [2.24, 2.45) is 0 Å². The van der Waals surface area contributed by atoms with Gasteiger partial charge in [-0.3, -0.25) is 9.59 Å². The van der Waals surface area contributed by atoms with Gasteiger partial charge in [-0.2, -0.15) is 0 Å². The lowest BCUT2D eigenvalue weighted by molar-refractivity contribution is -0.133. The van der Waals surface area contributed by atoms with Crippen molar-refractivity contribution >= 4 is 17.5 Å². The van der Waals surface area contributed by atoms with Crippen molar-refractivity contribution in [1.29, 1.82) is 0 Å². The Morgan fingerprint density at radius 3 is 2.86 bits per heavy atom. The largest absolute Gasteiger partial charge is 0.334 e. The first-order valence-electron chi connectivity index (χ1n) is 9.80. The van der Waals surface area contributed by atoms with Gasteiger partial charge in [0.25, 0.3) is 5.91 Å². The molecule has 9 heteroatoms. The maximum Gasteiger partial charge on any atom is 0.280 e. The first-order valence-corrected chi connectivity index (χ1v) is 9.80. The van der Waals surface area contributed by atoms with Crippen molar-refractivity contribution in [3.63, 3.8) is 0 Å². The summed E-state index contributed by atoms with van der Waals surface area (Å²) in [6.45, 7) is 1.27. The first-order chi connectivity index (χ1) is 13.9. The lowest BCUT2D eigenvalue weighted by atomic mass is 10.2. The molecule has 29 heavy (non-hydrogen) atoms. The zero-order valence-corrected chi connectivity index (χ0v) is 16.7. The van der Waals surface area contributed by atoms with E-state index in [2.05, 4.69) is 10.3 Å². The Labute approximate surface area is 168 Å². The van der Waals surface area contributed by atoms with E-state index in [0.717, 1.165) is 17.7 Å². The molecule has 2 aromatic rings. The predicted octanol–water partition coefficient (Wildman–Crippen LogP) is 0.982. The van der Waals surface area contributed by atoms with E-state index in [1.54, 1.807) is 20.9 Å². The van der Waals surface area contributed by atoms with Crippen molar-refractivity contribution in [3.8, 4) is 0 Å². The number of carbonyl (C=O) groups excluding carboxylic acids is 2. The second kappa shape index (κ2) is 7.90. The van der Waals surface area contributed by atoms with Gasteiger partial charge in [0, 0.05) is 18.7 Å². The van der Waals surface area contributed by atoms with E-state index in [0.29, 0.717) is 13.1 Å². The van der Waals surface area contributed by atoms with Gasteiger partial charge in [0.2, 0.25) is 5.91 Å². The van der Waals surface area contributed by atoms with Crippen LogP contribution in [0.3, 0.4) is 0 Å². The molecule has 0 spiro atoms. The highest BCUT2D eigenvalue weighted by molar-refractivity contribution is 6.05. The monoisotopic (exact) mass is 400 g/mol. The zero-order chi connectivity index (χ0) is 20.5. The van der Waals surface area contributed by atoms with Crippen LogP contribution in [0.5, 0.6) is 0 Å². The van der Waals surface area contributed by atoms with Crippen LogP contribution in [0.25, 0.3) is 0 Å². The molecular formula is C20H25FN6O2. The molecule has 2 aliphatic heterocycles. The van der Waals surface area contributed by atoms with Gasteiger partial charge in [-0.1, -0.05) is 23.4 Å². The predicted molar refractivity (Wildman–Crippen MR) is 105 cm³/mol.